The molecule has 0 aromatic heterocycles. The normalized spacial score (nSPS) is 14.6. The molecular formula is C24H18FIN2O3S. The smallest absolute Gasteiger partial charge is 0.281 e. The van der Waals surface area contributed by atoms with Gasteiger partial charge in [-0.2, -0.15) is 0 Å². The van der Waals surface area contributed by atoms with E-state index in [4.69, 9.17) is 21.7 Å². The molecule has 5 nitrogen and oxygen atoms in total. The number of ether oxygens (including phenoxy) is 2. The lowest BCUT2D eigenvalue weighted by atomic mass is 10.1. The Morgan fingerprint density at radius 2 is 1.81 bits per heavy atom. The van der Waals surface area contributed by atoms with Crippen LogP contribution in [0.4, 0.5) is 10.1 Å². The number of rotatable bonds is 6. The fraction of sp³-hybridized carbons (Fsp3) is 0.0833. The summed E-state index contributed by atoms with van der Waals surface area (Å²) in [5.41, 5.74) is 2.45. The first-order chi connectivity index (χ1) is 15.4. The van der Waals surface area contributed by atoms with Crippen LogP contribution >= 0.6 is 34.8 Å². The van der Waals surface area contributed by atoms with Crippen molar-refractivity contribution in [3.05, 3.63) is 92.9 Å². The van der Waals surface area contributed by atoms with E-state index in [9.17, 15) is 9.18 Å². The molecule has 4 rings (SSSR count). The van der Waals surface area contributed by atoms with Gasteiger partial charge in [0.15, 0.2) is 5.11 Å². The van der Waals surface area contributed by atoms with E-state index in [0.29, 0.717) is 23.7 Å². The lowest BCUT2D eigenvalue weighted by Gasteiger charge is -2.13. The fourth-order valence-electron chi connectivity index (χ4n) is 3.22. The van der Waals surface area contributed by atoms with Gasteiger partial charge in [-0.25, -0.2) is 4.39 Å². The van der Waals surface area contributed by atoms with E-state index in [1.807, 2.05) is 42.5 Å². The van der Waals surface area contributed by atoms with Crippen molar-refractivity contribution < 1.29 is 18.7 Å². The number of anilines is 1. The van der Waals surface area contributed by atoms with Crippen LogP contribution in [0.3, 0.4) is 0 Å². The Balaban J connectivity index is 1.56. The first-order valence-corrected chi connectivity index (χ1v) is 11.1. The van der Waals surface area contributed by atoms with Crippen LogP contribution in [0.5, 0.6) is 11.5 Å². The third-order valence-electron chi connectivity index (χ3n) is 4.79. The second-order valence-electron chi connectivity index (χ2n) is 6.92. The SMILES string of the molecule is COc1ccc(/C=C2/NC(=S)N(c3ccc(F)cc3)C2=O)cc1COc1ccc(I)cc1. The number of halogens is 2. The van der Waals surface area contributed by atoms with Crippen molar-refractivity contribution >= 4 is 57.6 Å². The fourth-order valence-corrected chi connectivity index (χ4v) is 3.88. The van der Waals surface area contributed by atoms with Gasteiger partial charge in [-0.3, -0.25) is 9.69 Å². The molecule has 8 heteroatoms. The molecule has 0 radical (unpaired) electrons. The molecule has 1 aliphatic rings. The van der Waals surface area contributed by atoms with Gasteiger partial charge in [0.2, 0.25) is 0 Å². The number of thiocarbonyl (C=S) groups is 1. The molecule has 3 aromatic rings. The summed E-state index contributed by atoms with van der Waals surface area (Å²) in [5.74, 6) is 0.748. The van der Waals surface area contributed by atoms with E-state index in [2.05, 4.69) is 27.9 Å². The Labute approximate surface area is 204 Å². The van der Waals surface area contributed by atoms with E-state index in [-0.39, 0.29) is 16.8 Å². The second kappa shape index (κ2) is 9.66. The van der Waals surface area contributed by atoms with Crippen LogP contribution in [0.1, 0.15) is 11.1 Å². The number of benzene rings is 3. The Kier molecular flexibility index (Phi) is 6.71. The molecule has 162 valence electrons. The van der Waals surface area contributed by atoms with Gasteiger partial charge in [-0.1, -0.05) is 6.07 Å². The van der Waals surface area contributed by atoms with Crippen molar-refractivity contribution in [3.8, 4) is 11.5 Å². The van der Waals surface area contributed by atoms with E-state index < -0.39 is 0 Å². The molecule has 1 heterocycles. The van der Waals surface area contributed by atoms with Crippen LogP contribution in [0, 0.1) is 9.39 Å². The van der Waals surface area contributed by atoms with Crippen molar-refractivity contribution in [2.45, 2.75) is 6.61 Å². The van der Waals surface area contributed by atoms with Gasteiger partial charge in [0.05, 0.1) is 12.8 Å². The van der Waals surface area contributed by atoms with Crippen LogP contribution in [-0.2, 0) is 11.4 Å². The Morgan fingerprint density at radius 1 is 1.09 bits per heavy atom. The summed E-state index contributed by atoms with van der Waals surface area (Å²) in [6.07, 6.45) is 1.71. The monoisotopic (exact) mass is 560 g/mol. The van der Waals surface area contributed by atoms with Crippen molar-refractivity contribution in [2.24, 2.45) is 0 Å². The summed E-state index contributed by atoms with van der Waals surface area (Å²) in [6, 6.07) is 18.9. The number of carbonyl (C=O) groups is 1. The average molecular weight is 560 g/mol. The Morgan fingerprint density at radius 3 is 2.50 bits per heavy atom. The third-order valence-corrected chi connectivity index (χ3v) is 5.79. The summed E-state index contributed by atoms with van der Waals surface area (Å²) >= 11 is 7.55. The molecular weight excluding hydrogens is 542 g/mol. The molecule has 0 bridgehead atoms. The maximum absolute atomic E-state index is 13.2. The van der Waals surface area contributed by atoms with Gasteiger partial charge in [0, 0.05) is 9.13 Å². The Bertz CT molecular complexity index is 1200. The van der Waals surface area contributed by atoms with E-state index in [1.54, 1.807) is 13.2 Å². The molecule has 3 aromatic carbocycles. The minimum absolute atomic E-state index is 0.239. The number of hydrogen-bond acceptors (Lipinski definition) is 4. The highest BCUT2D eigenvalue weighted by molar-refractivity contribution is 14.1. The van der Waals surface area contributed by atoms with Crippen molar-refractivity contribution in [1.29, 1.82) is 0 Å². The van der Waals surface area contributed by atoms with Gasteiger partial charge in [0.1, 0.15) is 29.6 Å². The van der Waals surface area contributed by atoms with Gasteiger partial charge in [-0.05, 0) is 107 Å². The largest absolute Gasteiger partial charge is 0.496 e. The predicted molar refractivity (Wildman–Crippen MR) is 134 cm³/mol. The second-order valence-corrected chi connectivity index (χ2v) is 8.55. The number of nitrogens with one attached hydrogen (secondary N) is 1. The molecule has 1 amide bonds. The zero-order valence-corrected chi connectivity index (χ0v) is 19.9. The van der Waals surface area contributed by atoms with E-state index in [1.165, 1.54) is 29.2 Å². The highest BCUT2D eigenvalue weighted by Gasteiger charge is 2.31. The summed E-state index contributed by atoms with van der Waals surface area (Å²) in [7, 11) is 1.60. The number of hydrogen-bond donors (Lipinski definition) is 1. The minimum Gasteiger partial charge on any atom is -0.496 e. The van der Waals surface area contributed by atoms with Crippen molar-refractivity contribution in [2.75, 3.05) is 12.0 Å². The lowest BCUT2D eigenvalue weighted by molar-refractivity contribution is -0.113. The third kappa shape index (κ3) is 4.91. The number of carbonyl (C=O) groups excluding carboxylic acids is 1. The molecule has 1 N–H and O–H groups in total. The standard InChI is InChI=1S/C24H18FIN2O3S/c1-30-22-11-2-15(12-16(22)14-31-20-9-5-18(26)6-10-20)13-21-23(29)28(24(32)27-21)19-7-3-17(25)4-8-19/h2-13H,14H2,1H3,(H,27,32)/b21-13+. The summed E-state index contributed by atoms with van der Waals surface area (Å²) in [5, 5.41) is 3.18. The molecule has 1 fully saturated rings. The number of nitrogens with zero attached hydrogens (tertiary/aromatic N) is 1. The topological polar surface area (TPSA) is 50.8 Å². The first-order valence-electron chi connectivity index (χ1n) is 9.62. The average Bonchev–Trinajstić information content (AvgIpc) is 3.07. The maximum atomic E-state index is 13.2. The van der Waals surface area contributed by atoms with Gasteiger partial charge >= 0.3 is 0 Å². The predicted octanol–water partition coefficient (Wildman–Crippen LogP) is 5.28. The van der Waals surface area contributed by atoms with Crippen LogP contribution in [-0.4, -0.2) is 18.1 Å². The Hall–Kier alpha value is -2.98. The molecule has 0 aliphatic carbocycles. The van der Waals surface area contributed by atoms with Crippen molar-refractivity contribution in [3.63, 3.8) is 0 Å². The summed E-state index contributed by atoms with van der Waals surface area (Å²) in [6.45, 7) is 0.308. The number of methoxy groups -OCH3 is 1. The van der Waals surface area contributed by atoms with E-state index in [0.717, 1.165) is 20.4 Å². The molecule has 32 heavy (non-hydrogen) atoms. The molecule has 1 aliphatic heterocycles. The summed E-state index contributed by atoms with van der Waals surface area (Å²) in [4.78, 5) is 14.3. The van der Waals surface area contributed by atoms with Crippen LogP contribution in [0.25, 0.3) is 6.08 Å². The van der Waals surface area contributed by atoms with Crippen molar-refractivity contribution in [1.82, 2.24) is 5.32 Å². The minimum atomic E-state index is -0.381. The van der Waals surface area contributed by atoms with Gasteiger partial charge in [0.25, 0.3) is 5.91 Å². The molecule has 0 unspecified atom stereocenters. The quantitative estimate of drug-likeness (QED) is 0.253. The number of amides is 1. The van der Waals surface area contributed by atoms with Gasteiger partial charge < -0.3 is 14.8 Å². The van der Waals surface area contributed by atoms with Crippen LogP contribution < -0.4 is 19.7 Å². The molecule has 0 atom stereocenters. The highest BCUT2D eigenvalue weighted by Crippen LogP contribution is 2.26. The highest BCUT2D eigenvalue weighted by atomic mass is 127. The zero-order valence-electron chi connectivity index (χ0n) is 17.0. The van der Waals surface area contributed by atoms with E-state index >= 15 is 0 Å². The zero-order chi connectivity index (χ0) is 22.7. The molecule has 0 saturated carbocycles. The van der Waals surface area contributed by atoms with Crippen LogP contribution in [0.15, 0.2) is 72.4 Å². The van der Waals surface area contributed by atoms with Crippen LogP contribution in [0.2, 0.25) is 0 Å². The molecule has 0 spiro atoms. The van der Waals surface area contributed by atoms with Gasteiger partial charge in [-0.15, -0.1) is 0 Å². The first kappa shape index (κ1) is 22.2. The molecule has 1 saturated heterocycles. The lowest BCUT2D eigenvalue weighted by Crippen LogP contribution is -2.30. The maximum Gasteiger partial charge on any atom is 0.281 e. The summed E-state index contributed by atoms with van der Waals surface area (Å²) < 4.78 is 25.7.